The van der Waals surface area contributed by atoms with Crippen molar-refractivity contribution in [3.8, 4) is 5.69 Å². The van der Waals surface area contributed by atoms with E-state index in [9.17, 15) is 4.79 Å². The van der Waals surface area contributed by atoms with Gasteiger partial charge in [-0.3, -0.25) is 14.3 Å². The standard InChI is InChI=1S/C21H21Cl2N5O2S/c22-15-1-5-17(6-2-15)24-20(29)14-31-21-26-25-19(13-27-9-11-30-12-10-27)28(21)18-7-3-16(23)4-8-18/h1-8H,9-14H2,(H,24,29). The minimum absolute atomic E-state index is 0.132. The Morgan fingerprint density at radius 3 is 2.32 bits per heavy atom. The van der Waals surface area contributed by atoms with Crippen molar-refractivity contribution in [1.29, 1.82) is 0 Å². The molecule has 1 aromatic heterocycles. The highest BCUT2D eigenvalue weighted by atomic mass is 35.5. The summed E-state index contributed by atoms with van der Waals surface area (Å²) in [5.41, 5.74) is 1.60. The fraction of sp³-hybridized carbons (Fsp3) is 0.286. The molecule has 0 unspecified atom stereocenters. The molecule has 1 saturated heterocycles. The number of rotatable bonds is 7. The quantitative estimate of drug-likeness (QED) is 0.515. The first kappa shape index (κ1) is 22.1. The first-order valence-electron chi connectivity index (χ1n) is 9.77. The molecule has 10 heteroatoms. The van der Waals surface area contributed by atoms with Gasteiger partial charge in [-0.25, -0.2) is 0 Å². The summed E-state index contributed by atoms with van der Waals surface area (Å²) in [6.07, 6.45) is 0. The number of benzene rings is 2. The Labute approximate surface area is 194 Å². The summed E-state index contributed by atoms with van der Waals surface area (Å²) < 4.78 is 7.41. The predicted molar refractivity (Wildman–Crippen MR) is 123 cm³/mol. The minimum Gasteiger partial charge on any atom is -0.379 e. The van der Waals surface area contributed by atoms with Gasteiger partial charge in [0.15, 0.2) is 11.0 Å². The molecule has 1 amide bonds. The number of anilines is 1. The van der Waals surface area contributed by atoms with Crippen LogP contribution in [0, 0.1) is 0 Å². The van der Waals surface area contributed by atoms with Gasteiger partial charge < -0.3 is 10.1 Å². The van der Waals surface area contributed by atoms with Crippen molar-refractivity contribution >= 4 is 46.6 Å². The fourth-order valence-corrected chi connectivity index (χ4v) is 4.19. The molecule has 31 heavy (non-hydrogen) atoms. The van der Waals surface area contributed by atoms with Crippen LogP contribution >= 0.6 is 35.0 Å². The zero-order chi connectivity index (χ0) is 21.6. The molecule has 1 fully saturated rings. The Kier molecular flexibility index (Phi) is 7.47. The molecule has 162 valence electrons. The topological polar surface area (TPSA) is 72.3 Å². The molecule has 0 aliphatic carbocycles. The van der Waals surface area contributed by atoms with Crippen molar-refractivity contribution in [3.05, 3.63) is 64.4 Å². The number of hydrogen-bond donors (Lipinski definition) is 1. The zero-order valence-corrected chi connectivity index (χ0v) is 19.0. The van der Waals surface area contributed by atoms with E-state index in [2.05, 4.69) is 20.4 Å². The van der Waals surface area contributed by atoms with Gasteiger partial charge >= 0.3 is 0 Å². The highest BCUT2D eigenvalue weighted by Gasteiger charge is 2.19. The van der Waals surface area contributed by atoms with E-state index in [0.717, 1.165) is 24.6 Å². The molecule has 0 atom stereocenters. The van der Waals surface area contributed by atoms with E-state index < -0.39 is 0 Å². The number of carbonyl (C=O) groups excluding carboxylic acids is 1. The van der Waals surface area contributed by atoms with Crippen LogP contribution in [0.1, 0.15) is 5.82 Å². The van der Waals surface area contributed by atoms with E-state index in [1.165, 1.54) is 11.8 Å². The Balaban J connectivity index is 1.49. The fourth-order valence-electron chi connectivity index (χ4n) is 3.17. The third kappa shape index (κ3) is 5.99. The second-order valence-electron chi connectivity index (χ2n) is 6.94. The Morgan fingerprint density at radius 1 is 1.00 bits per heavy atom. The molecule has 2 aromatic carbocycles. The Bertz CT molecular complexity index is 1020. The van der Waals surface area contributed by atoms with Gasteiger partial charge in [0, 0.05) is 34.5 Å². The number of hydrogen-bond acceptors (Lipinski definition) is 6. The van der Waals surface area contributed by atoms with Gasteiger partial charge in [-0.15, -0.1) is 10.2 Å². The zero-order valence-electron chi connectivity index (χ0n) is 16.6. The van der Waals surface area contributed by atoms with Crippen molar-refractivity contribution in [2.75, 3.05) is 37.4 Å². The van der Waals surface area contributed by atoms with Crippen LogP contribution in [-0.2, 0) is 16.1 Å². The smallest absolute Gasteiger partial charge is 0.234 e. The lowest BCUT2D eigenvalue weighted by atomic mass is 10.3. The van der Waals surface area contributed by atoms with Crippen LogP contribution in [0.5, 0.6) is 0 Å². The predicted octanol–water partition coefficient (Wildman–Crippen LogP) is 4.14. The van der Waals surface area contributed by atoms with E-state index in [-0.39, 0.29) is 11.7 Å². The van der Waals surface area contributed by atoms with Gasteiger partial charge in [-0.2, -0.15) is 0 Å². The van der Waals surface area contributed by atoms with Crippen LogP contribution < -0.4 is 5.32 Å². The highest BCUT2D eigenvalue weighted by Crippen LogP contribution is 2.24. The van der Waals surface area contributed by atoms with Gasteiger partial charge in [0.2, 0.25) is 5.91 Å². The Morgan fingerprint density at radius 2 is 1.65 bits per heavy atom. The summed E-state index contributed by atoms with van der Waals surface area (Å²) in [5, 5.41) is 13.6. The third-order valence-corrected chi connectivity index (χ3v) is 6.15. The molecule has 3 aromatic rings. The van der Waals surface area contributed by atoms with Crippen molar-refractivity contribution in [2.24, 2.45) is 0 Å². The molecule has 7 nitrogen and oxygen atoms in total. The lowest BCUT2D eigenvalue weighted by Crippen LogP contribution is -2.36. The maximum absolute atomic E-state index is 12.4. The number of halogens is 2. The SMILES string of the molecule is O=C(CSc1nnc(CN2CCOCC2)n1-c1ccc(Cl)cc1)Nc1ccc(Cl)cc1. The normalized spacial score (nSPS) is 14.5. The van der Waals surface area contributed by atoms with E-state index in [1.54, 1.807) is 24.3 Å². The maximum Gasteiger partial charge on any atom is 0.234 e. The molecule has 2 heterocycles. The van der Waals surface area contributed by atoms with Crippen LogP contribution in [0.3, 0.4) is 0 Å². The minimum atomic E-state index is -0.132. The van der Waals surface area contributed by atoms with E-state index in [4.69, 9.17) is 27.9 Å². The van der Waals surface area contributed by atoms with Crippen molar-refractivity contribution in [2.45, 2.75) is 11.7 Å². The summed E-state index contributed by atoms with van der Waals surface area (Å²) in [5.74, 6) is 0.879. The second-order valence-corrected chi connectivity index (χ2v) is 8.76. The van der Waals surface area contributed by atoms with E-state index >= 15 is 0 Å². The van der Waals surface area contributed by atoms with Gasteiger partial charge in [0.25, 0.3) is 0 Å². The summed E-state index contributed by atoms with van der Waals surface area (Å²) in [6.45, 7) is 3.76. The number of morpholine rings is 1. The van der Waals surface area contributed by atoms with Gasteiger partial charge in [0.05, 0.1) is 25.5 Å². The third-order valence-electron chi connectivity index (χ3n) is 4.71. The average Bonchev–Trinajstić information content (AvgIpc) is 3.17. The van der Waals surface area contributed by atoms with E-state index in [1.807, 2.05) is 28.8 Å². The number of carbonyl (C=O) groups is 1. The second kappa shape index (κ2) is 10.5. The number of nitrogens with zero attached hydrogens (tertiary/aromatic N) is 4. The number of nitrogens with one attached hydrogen (secondary N) is 1. The van der Waals surface area contributed by atoms with Crippen LogP contribution in [0.25, 0.3) is 5.69 Å². The van der Waals surface area contributed by atoms with Crippen molar-refractivity contribution < 1.29 is 9.53 Å². The Hall–Kier alpha value is -2.10. The van der Waals surface area contributed by atoms with Crippen LogP contribution in [0.4, 0.5) is 5.69 Å². The van der Waals surface area contributed by atoms with Gasteiger partial charge in [-0.1, -0.05) is 35.0 Å². The first-order chi connectivity index (χ1) is 15.1. The highest BCUT2D eigenvalue weighted by molar-refractivity contribution is 7.99. The molecule has 1 aliphatic heterocycles. The molecular weight excluding hydrogens is 457 g/mol. The van der Waals surface area contributed by atoms with Gasteiger partial charge in [-0.05, 0) is 48.5 Å². The molecule has 1 aliphatic rings. The molecule has 0 bridgehead atoms. The largest absolute Gasteiger partial charge is 0.379 e. The van der Waals surface area contributed by atoms with Crippen molar-refractivity contribution in [3.63, 3.8) is 0 Å². The molecule has 0 spiro atoms. The average molecular weight is 478 g/mol. The number of thioether (sulfide) groups is 1. The van der Waals surface area contributed by atoms with Crippen LogP contribution in [0.15, 0.2) is 53.7 Å². The first-order valence-corrected chi connectivity index (χ1v) is 11.5. The molecule has 0 saturated carbocycles. The van der Waals surface area contributed by atoms with Gasteiger partial charge in [0.1, 0.15) is 0 Å². The number of ether oxygens (including phenoxy) is 1. The maximum atomic E-state index is 12.4. The lowest BCUT2D eigenvalue weighted by Gasteiger charge is -2.26. The summed E-state index contributed by atoms with van der Waals surface area (Å²) in [7, 11) is 0. The number of aromatic nitrogens is 3. The summed E-state index contributed by atoms with van der Waals surface area (Å²) >= 11 is 13.3. The number of amides is 1. The molecule has 1 N–H and O–H groups in total. The molecular formula is C21H21Cl2N5O2S. The summed E-state index contributed by atoms with van der Waals surface area (Å²) in [6, 6.07) is 14.5. The van der Waals surface area contributed by atoms with E-state index in [0.29, 0.717) is 40.6 Å². The lowest BCUT2D eigenvalue weighted by molar-refractivity contribution is -0.113. The summed E-state index contributed by atoms with van der Waals surface area (Å²) in [4.78, 5) is 14.7. The van der Waals surface area contributed by atoms with Crippen LogP contribution in [-0.4, -0.2) is 57.6 Å². The molecule has 4 rings (SSSR count). The monoisotopic (exact) mass is 477 g/mol. The van der Waals surface area contributed by atoms with Crippen molar-refractivity contribution in [1.82, 2.24) is 19.7 Å². The van der Waals surface area contributed by atoms with Crippen LogP contribution in [0.2, 0.25) is 10.0 Å². The molecule has 0 radical (unpaired) electrons.